The highest BCUT2D eigenvalue weighted by molar-refractivity contribution is 7.53. The van der Waals surface area contributed by atoms with Crippen LogP contribution in [0, 0.1) is 6.92 Å². The Kier molecular flexibility index (Phi) is 6.09. The van der Waals surface area contributed by atoms with Crippen LogP contribution in [0.4, 0.5) is 5.82 Å². The molecule has 9 nitrogen and oxygen atoms in total. The number of anilines is 1. The van der Waals surface area contributed by atoms with Gasteiger partial charge in [-0.25, -0.2) is 15.0 Å². The van der Waals surface area contributed by atoms with Crippen LogP contribution in [-0.4, -0.2) is 38.6 Å². The summed E-state index contributed by atoms with van der Waals surface area (Å²) in [5.74, 6) is 0.322. The van der Waals surface area contributed by atoms with Crippen molar-refractivity contribution in [2.24, 2.45) is 0 Å². The maximum absolute atomic E-state index is 13.1. The fraction of sp³-hybridized carbons (Fsp3) is 0.421. The van der Waals surface area contributed by atoms with Crippen LogP contribution in [0.15, 0.2) is 30.9 Å². The summed E-state index contributed by atoms with van der Waals surface area (Å²) in [6.45, 7) is 4.60. The van der Waals surface area contributed by atoms with Gasteiger partial charge in [0.25, 0.3) is 0 Å². The number of nitrogen functional groups attached to an aromatic ring is 1. The maximum atomic E-state index is 13.1. The average molecular weight is 452 g/mol. The summed E-state index contributed by atoms with van der Waals surface area (Å²) in [4.78, 5) is 12.4. The normalized spacial score (nSPS) is 23.0. The number of imidazole rings is 1. The summed E-state index contributed by atoms with van der Waals surface area (Å²) in [5, 5.41) is 0.622. The molecule has 0 bridgehead atoms. The molecule has 11 heteroatoms. The highest BCUT2D eigenvalue weighted by Gasteiger charge is 2.35. The van der Waals surface area contributed by atoms with Crippen LogP contribution in [0.3, 0.4) is 0 Å². The number of aryl methyl sites for hydroxylation is 1. The van der Waals surface area contributed by atoms with Gasteiger partial charge in [-0.1, -0.05) is 17.7 Å². The number of nitrogens with two attached hydrogens (primary N) is 1. The molecule has 2 aromatic heterocycles. The van der Waals surface area contributed by atoms with Crippen molar-refractivity contribution in [3.8, 4) is 0 Å². The lowest BCUT2D eigenvalue weighted by Crippen LogP contribution is -2.21. The zero-order valence-electron chi connectivity index (χ0n) is 16.7. The van der Waals surface area contributed by atoms with Crippen LogP contribution in [0.1, 0.15) is 30.6 Å². The van der Waals surface area contributed by atoms with Gasteiger partial charge in [0.05, 0.1) is 31.7 Å². The minimum absolute atomic E-state index is 0.145. The second-order valence-corrected chi connectivity index (χ2v) is 9.71. The first-order valence-electron chi connectivity index (χ1n) is 9.55. The summed E-state index contributed by atoms with van der Waals surface area (Å²) in [7, 11) is -3.40. The predicted octanol–water partition coefficient (Wildman–Crippen LogP) is 4.10. The molecule has 160 valence electrons. The van der Waals surface area contributed by atoms with E-state index in [1.807, 2.05) is 36.6 Å². The Hall–Kier alpha value is -2.03. The molecule has 1 unspecified atom stereocenters. The molecule has 3 atom stereocenters. The van der Waals surface area contributed by atoms with Gasteiger partial charge < -0.3 is 19.6 Å². The molecule has 0 aliphatic carbocycles. The monoisotopic (exact) mass is 451 g/mol. The van der Waals surface area contributed by atoms with Gasteiger partial charge in [-0.05, 0) is 37.1 Å². The Bertz CT molecular complexity index is 1090. The molecule has 0 saturated carbocycles. The maximum Gasteiger partial charge on any atom is 0.356 e. The summed E-state index contributed by atoms with van der Waals surface area (Å²) in [6.07, 6.45) is 2.84. The number of aromatic nitrogens is 4. The van der Waals surface area contributed by atoms with Gasteiger partial charge in [0.2, 0.25) is 0 Å². The van der Waals surface area contributed by atoms with Crippen molar-refractivity contribution in [1.82, 2.24) is 19.5 Å². The van der Waals surface area contributed by atoms with Gasteiger partial charge in [-0.15, -0.1) is 0 Å². The largest absolute Gasteiger partial charge is 0.382 e. The third kappa shape index (κ3) is 4.66. The lowest BCUT2D eigenvalue weighted by atomic mass is 10.0. The number of hydrogen-bond acceptors (Lipinski definition) is 8. The quantitative estimate of drug-likeness (QED) is 0.557. The second kappa shape index (κ2) is 8.61. The number of halogens is 1. The van der Waals surface area contributed by atoms with Crippen molar-refractivity contribution in [3.05, 3.63) is 47.0 Å². The van der Waals surface area contributed by atoms with E-state index in [1.165, 1.54) is 6.33 Å². The third-order valence-corrected chi connectivity index (χ3v) is 6.63. The molecule has 1 fully saturated rings. The predicted molar refractivity (Wildman–Crippen MR) is 113 cm³/mol. The lowest BCUT2D eigenvalue weighted by molar-refractivity contribution is 0.0340. The molecule has 0 amide bonds. The van der Waals surface area contributed by atoms with Gasteiger partial charge in [0, 0.05) is 11.4 Å². The second-order valence-electron chi connectivity index (χ2n) is 7.32. The van der Waals surface area contributed by atoms with E-state index in [-0.39, 0.29) is 18.6 Å². The molecule has 3 heterocycles. The van der Waals surface area contributed by atoms with Crippen LogP contribution in [0.2, 0.25) is 5.02 Å². The summed E-state index contributed by atoms with van der Waals surface area (Å²) < 4.78 is 32.0. The van der Waals surface area contributed by atoms with E-state index in [9.17, 15) is 4.57 Å². The molecule has 1 aliphatic heterocycles. The van der Waals surface area contributed by atoms with Gasteiger partial charge in [0.15, 0.2) is 11.5 Å². The minimum Gasteiger partial charge on any atom is -0.382 e. The fourth-order valence-electron chi connectivity index (χ4n) is 3.40. The third-order valence-electron chi connectivity index (χ3n) is 4.79. The number of ether oxygens (including phenoxy) is 1. The zero-order chi connectivity index (χ0) is 21.3. The van der Waals surface area contributed by atoms with E-state index in [4.69, 9.17) is 31.1 Å². The van der Waals surface area contributed by atoms with Crippen molar-refractivity contribution in [1.29, 1.82) is 0 Å². The Morgan fingerprint density at radius 1 is 1.37 bits per heavy atom. The molecule has 4 rings (SSSR count). The first kappa shape index (κ1) is 21.2. The van der Waals surface area contributed by atoms with Crippen LogP contribution >= 0.6 is 19.2 Å². The van der Waals surface area contributed by atoms with Crippen LogP contribution < -0.4 is 5.73 Å². The first-order valence-corrected chi connectivity index (χ1v) is 11.7. The Labute approximate surface area is 179 Å². The first-order chi connectivity index (χ1) is 14.3. The van der Waals surface area contributed by atoms with Gasteiger partial charge in [-0.3, -0.25) is 9.09 Å². The summed E-state index contributed by atoms with van der Waals surface area (Å²) in [5.41, 5.74) is 8.88. The number of hydrogen-bond donors (Lipinski definition) is 1. The van der Waals surface area contributed by atoms with E-state index >= 15 is 0 Å². The van der Waals surface area contributed by atoms with Crippen LogP contribution in [0.5, 0.6) is 0 Å². The SMILES string of the molecule is Cc1cc(Cl)cc([C@@H]2CCOP(=O)(CO[C@H](C)Cn3cnc4c(N)ncnc43)O2)c1. The molecule has 3 aromatic rings. The fourth-order valence-corrected chi connectivity index (χ4v) is 5.33. The van der Waals surface area contributed by atoms with Crippen molar-refractivity contribution >= 4 is 36.2 Å². The van der Waals surface area contributed by atoms with Crippen molar-refractivity contribution < 1.29 is 18.3 Å². The van der Waals surface area contributed by atoms with Gasteiger partial charge in [-0.2, -0.15) is 0 Å². The summed E-state index contributed by atoms with van der Waals surface area (Å²) >= 11 is 6.16. The number of benzene rings is 1. The number of nitrogens with zero attached hydrogens (tertiary/aromatic N) is 4. The minimum atomic E-state index is -3.40. The molecule has 0 radical (unpaired) electrons. The Morgan fingerprint density at radius 3 is 3.00 bits per heavy atom. The van der Waals surface area contributed by atoms with Crippen molar-refractivity contribution in [3.63, 3.8) is 0 Å². The topological polar surface area (TPSA) is 114 Å². The smallest absolute Gasteiger partial charge is 0.356 e. The Morgan fingerprint density at radius 2 is 2.20 bits per heavy atom. The van der Waals surface area contributed by atoms with Crippen molar-refractivity contribution in [2.45, 2.75) is 39.0 Å². The van der Waals surface area contributed by atoms with Gasteiger partial charge in [0.1, 0.15) is 18.2 Å². The van der Waals surface area contributed by atoms with Gasteiger partial charge >= 0.3 is 7.60 Å². The lowest BCUT2D eigenvalue weighted by Gasteiger charge is -2.30. The van der Waals surface area contributed by atoms with Crippen molar-refractivity contribution in [2.75, 3.05) is 18.7 Å². The summed E-state index contributed by atoms with van der Waals surface area (Å²) in [6, 6.07) is 5.68. The molecule has 1 aromatic carbocycles. The van der Waals surface area contributed by atoms with E-state index in [1.54, 1.807) is 6.33 Å². The van der Waals surface area contributed by atoms with Crippen LogP contribution in [0.25, 0.3) is 11.2 Å². The highest BCUT2D eigenvalue weighted by Crippen LogP contribution is 2.56. The molecular weight excluding hydrogens is 429 g/mol. The molecule has 30 heavy (non-hydrogen) atoms. The van der Waals surface area contributed by atoms with E-state index < -0.39 is 7.60 Å². The van der Waals surface area contributed by atoms with E-state index in [0.717, 1.165) is 11.1 Å². The van der Waals surface area contributed by atoms with E-state index in [2.05, 4.69) is 15.0 Å². The van der Waals surface area contributed by atoms with Crippen LogP contribution in [-0.2, 0) is 24.9 Å². The molecular formula is C19H23ClN5O4P. The standard InChI is InChI=1S/C19H23ClN5O4P/c1-12-5-14(7-15(20)6-12)16-3-4-28-30(26,29-16)11-27-13(2)8-25-10-24-17-18(21)22-9-23-19(17)25/h5-7,9-10,13,16H,3-4,8,11H2,1-2H3,(H2,21,22,23)/t13-,16+,30?/m1/s1. The molecule has 2 N–H and O–H groups in total. The molecule has 1 aliphatic rings. The zero-order valence-corrected chi connectivity index (χ0v) is 18.3. The number of rotatable bonds is 6. The Balaban J connectivity index is 1.39. The van der Waals surface area contributed by atoms with E-state index in [0.29, 0.717) is 41.6 Å². The highest BCUT2D eigenvalue weighted by atomic mass is 35.5. The molecule has 1 saturated heterocycles. The number of fused-ring (bicyclic) bond motifs is 1. The average Bonchev–Trinajstić information content (AvgIpc) is 3.10. The molecule has 0 spiro atoms.